The van der Waals surface area contributed by atoms with E-state index in [0.29, 0.717) is 11.3 Å². The van der Waals surface area contributed by atoms with Gasteiger partial charge in [0, 0.05) is 12.1 Å². The van der Waals surface area contributed by atoms with Gasteiger partial charge in [-0.25, -0.2) is 0 Å². The zero-order chi connectivity index (χ0) is 12.8. The van der Waals surface area contributed by atoms with Crippen LogP contribution in [0.5, 0.6) is 5.75 Å². The van der Waals surface area contributed by atoms with Gasteiger partial charge in [-0.3, -0.25) is 4.79 Å². The highest BCUT2D eigenvalue weighted by Crippen LogP contribution is 2.25. The van der Waals surface area contributed by atoms with E-state index >= 15 is 0 Å². The molecule has 0 amide bonds. The molecule has 1 atom stereocenters. The third-order valence-electron chi connectivity index (χ3n) is 2.36. The lowest BCUT2D eigenvalue weighted by atomic mass is 10.1. The van der Waals surface area contributed by atoms with Crippen molar-refractivity contribution >= 4 is 5.97 Å². The van der Waals surface area contributed by atoms with Gasteiger partial charge < -0.3 is 20.3 Å². The molecule has 1 rings (SSSR count). The Kier molecular flexibility index (Phi) is 4.93. The number of nitrogens with one attached hydrogen (secondary N) is 1. The Morgan fingerprint density at radius 1 is 1.53 bits per heavy atom. The molecule has 1 unspecified atom stereocenters. The molecular formula is C12H17NO4. The second kappa shape index (κ2) is 6.22. The van der Waals surface area contributed by atoms with Crippen LogP contribution in [0, 0.1) is 6.92 Å². The van der Waals surface area contributed by atoms with Gasteiger partial charge in [0.1, 0.15) is 5.75 Å². The van der Waals surface area contributed by atoms with E-state index in [9.17, 15) is 9.90 Å². The number of aliphatic hydroxyl groups excluding tert-OH is 1. The fourth-order valence-electron chi connectivity index (χ4n) is 1.54. The molecule has 0 bridgehead atoms. The van der Waals surface area contributed by atoms with E-state index in [0.717, 1.165) is 5.56 Å². The van der Waals surface area contributed by atoms with Crippen molar-refractivity contribution < 1.29 is 19.7 Å². The first-order chi connectivity index (χ1) is 8.04. The zero-order valence-electron chi connectivity index (χ0n) is 9.93. The average Bonchev–Trinajstić information content (AvgIpc) is 2.28. The number of benzene rings is 1. The molecule has 0 saturated heterocycles. The number of hydrogen-bond acceptors (Lipinski definition) is 4. The van der Waals surface area contributed by atoms with Gasteiger partial charge in [0.05, 0.1) is 19.8 Å². The van der Waals surface area contributed by atoms with E-state index in [1.54, 1.807) is 6.07 Å². The summed E-state index contributed by atoms with van der Waals surface area (Å²) in [6.07, 6.45) is -0.788. The number of rotatable bonds is 6. The number of ether oxygens (including phenoxy) is 1. The standard InChI is InChI=1S/C12H17NO4/c1-8-3-4-11(17-2)9(5-8)10(14)6-13-7-12(15)16/h3-5,10,13-14H,6-7H2,1-2H3,(H,15,16). The summed E-state index contributed by atoms with van der Waals surface area (Å²) in [5.41, 5.74) is 1.67. The summed E-state index contributed by atoms with van der Waals surface area (Å²) in [4.78, 5) is 10.3. The van der Waals surface area contributed by atoms with Crippen LogP contribution in [0.15, 0.2) is 18.2 Å². The maximum atomic E-state index is 10.3. The third kappa shape index (κ3) is 4.05. The zero-order valence-corrected chi connectivity index (χ0v) is 9.93. The first-order valence-corrected chi connectivity index (χ1v) is 5.29. The Bertz CT molecular complexity index is 392. The maximum Gasteiger partial charge on any atom is 0.317 e. The summed E-state index contributed by atoms with van der Waals surface area (Å²) in [6, 6.07) is 5.50. The second-order valence-corrected chi connectivity index (χ2v) is 3.79. The molecule has 0 aromatic heterocycles. The van der Waals surface area contributed by atoms with Gasteiger partial charge in [-0.15, -0.1) is 0 Å². The Labute approximate surface area is 100 Å². The van der Waals surface area contributed by atoms with Gasteiger partial charge in [-0.1, -0.05) is 11.6 Å². The molecule has 1 aromatic carbocycles. The first kappa shape index (κ1) is 13.5. The molecule has 1 aromatic rings. The van der Waals surface area contributed by atoms with Crippen molar-refractivity contribution in [1.82, 2.24) is 5.32 Å². The summed E-state index contributed by atoms with van der Waals surface area (Å²) >= 11 is 0. The molecule has 0 heterocycles. The molecule has 0 aliphatic heterocycles. The van der Waals surface area contributed by atoms with E-state index in [-0.39, 0.29) is 13.1 Å². The molecule has 0 aliphatic carbocycles. The molecule has 5 heteroatoms. The normalized spacial score (nSPS) is 12.2. The highest BCUT2D eigenvalue weighted by atomic mass is 16.5. The van der Waals surface area contributed by atoms with Crippen LogP contribution >= 0.6 is 0 Å². The Morgan fingerprint density at radius 3 is 2.82 bits per heavy atom. The summed E-state index contributed by atoms with van der Waals surface area (Å²) in [7, 11) is 1.53. The summed E-state index contributed by atoms with van der Waals surface area (Å²) < 4.78 is 5.14. The molecule has 3 N–H and O–H groups in total. The molecule has 17 heavy (non-hydrogen) atoms. The first-order valence-electron chi connectivity index (χ1n) is 5.29. The van der Waals surface area contributed by atoms with E-state index in [1.165, 1.54) is 7.11 Å². The average molecular weight is 239 g/mol. The highest BCUT2D eigenvalue weighted by Gasteiger charge is 2.13. The molecule has 5 nitrogen and oxygen atoms in total. The van der Waals surface area contributed by atoms with Crippen LogP contribution in [-0.2, 0) is 4.79 Å². The van der Waals surface area contributed by atoms with Gasteiger partial charge in [0.25, 0.3) is 0 Å². The summed E-state index contributed by atoms with van der Waals surface area (Å²) in [6.45, 7) is 1.91. The van der Waals surface area contributed by atoms with E-state index < -0.39 is 12.1 Å². The molecule has 94 valence electrons. The van der Waals surface area contributed by atoms with Crippen molar-refractivity contribution in [2.45, 2.75) is 13.0 Å². The SMILES string of the molecule is COc1ccc(C)cc1C(O)CNCC(=O)O. The number of hydrogen-bond donors (Lipinski definition) is 3. The third-order valence-corrected chi connectivity index (χ3v) is 2.36. The predicted molar refractivity (Wildman–Crippen MR) is 63.2 cm³/mol. The van der Waals surface area contributed by atoms with E-state index in [2.05, 4.69) is 5.32 Å². The number of aryl methyl sites for hydroxylation is 1. The van der Waals surface area contributed by atoms with Crippen molar-refractivity contribution in [3.63, 3.8) is 0 Å². The quantitative estimate of drug-likeness (QED) is 0.681. The molecule has 0 fully saturated rings. The predicted octanol–water partition coefficient (Wildman–Crippen LogP) is 0.711. The number of carbonyl (C=O) groups is 1. The topological polar surface area (TPSA) is 78.8 Å². The minimum absolute atomic E-state index is 0.173. The van der Waals surface area contributed by atoms with E-state index in [4.69, 9.17) is 9.84 Å². The lowest BCUT2D eigenvalue weighted by Crippen LogP contribution is -2.27. The number of carboxylic acids is 1. The van der Waals surface area contributed by atoms with Crippen LogP contribution in [-0.4, -0.2) is 36.4 Å². The van der Waals surface area contributed by atoms with Gasteiger partial charge in [-0.2, -0.15) is 0 Å². The molecule has 0 saturated carbocycles. The summed E-state index contributed by atoms with van der Waals surface area (Å²) in [5, 5.41) is 21.1. The van der Waals surface area contributed by atoms with Crippen LogP contribution < -0.4 is 10.1 Å². The highest BCUT2D eigenvalue weighted by molar-refractivity contribution is 5.69. The molecule has 0 aliphatic rings. The fraction of sp³-hybridized carbons (Fsp3) is 0.417. The minimum atomic E-state index is -0.951. The molecule has 0 radical (unpaired) electrons. The van der Waals surface area contributed by atoms with Gasteiger partial charge in [0.2, 0.25) is 0 Å². The van der Waals surface area contributed by atoms with Crippen LogP contribution in [0.3, 0.4) is 0 Å². The van der Waals surface area contributed by atoms with Crippen molar-refractivity contribution in [3.05, 3.63) is 29.3 Å². The number of carboxylic acid groups (broad SMARTS) is 1. The number of methoxy groups -OCH3 is 1. The van der Waals surface area contributed by atoms with E-state index in [1.807, 2.05) is 19.1 Å². The minimum Gasteiger partial charge on any atom is -0.496 e. The Morgan fingerprint density at radius 2 is 2.24 bits per heavy atom. The summed E-state index contributed by atoms with van der Waals surface area (Å²) in [5.74, 6) is -0.353. The lowest BCUT2D eigenvalue weighted by Gasteiger charge is -2.15. The lowest BCUT2D eigenvalue weighted by molar-refractivity contribution is -0.136. The van der Waals surface area contributed by atoms with Crippen molar-refractivity contribution in [1.29, 1.82) is 0 Å². The monoisotopic (exact) mass is 239 g/mol. The van der Waals surface area contributed by atoms with Crippen molar-refractivity contribution in [2.75, 3.05) is 20.2 Å². The smallest absolute Gasteiger partial charge is 0.317 e. The van der Waals surface area contributed by atoms with Crippen LogP contribution in [0.2, 0.25) is 0 Å². The maximum absolute atomic E-state index is 10.3. The molecular weight excluding hydrogens is 222 g/mol. The fourth-order valence-corrected chi connectivity index (χ4v) is 1.54. The Balaban J connectivity index is 2.69. The van der Waals surface area contributed by atoms with Crippen LogP contribution in [0.25, 0.3) is 0 Å². The van der Waals surface area contributed by atoms with Crippen molar-refractivity contribution in [2.24, 2.45) is 0 Å². The largest absolute Gasteiger partial charge is 0.496 e. The Hall–Kier alpha value is -1.59. The molecule has 0 spiro atoms. The van der Waals surface area contributed by atoms with Gasteiger partial charge in [-0.05, 0) is 19.1 Å². The number of aliphatic hydroxyl groups is 1. The van der Waals surface area contributed by atoms with Gasteiger partial charge in [0.15, 0.2) is 0 Å². The van der Waals surface area contributed by atoms with Crippen LogP contribution in [0.1, 0.15) is 17.2 Å². The van der Waals surface area contributed by atoms with Crippen LogP contribution in [0.4, 0.5) is 0 Å². The van der Waals surface area contributed by atoms with Crippen molar-refractivity contribution in [3.8, 4) is 5.75 Å². The van der Waals surface area contributed by atoms with Gasteiger partial charge >= 0.3 is 5.97 Å². The second-order valence-electron chi connectivity index (χ2n) is 3.79. The number of aliphatic carboxylic acids is 1.